The minimum atomic E-state index is 0.0435. The number of anilines is 1. The molecule has 1 saturated heterocycles. The molecule has 3 heterocycles. The third kappa shape index (κ3) is 4.79. The van der Waals surface area contributed by atoms with Crippen LogP contribution in [0.1, 0.15) is 23.1 Å². The van der Waals surface area contributed by atoms with Gasteiger partial charge in [0.25, 0.3) is 0 Å². The summed E-state index contributed by atoms with van der Waals surface area (Å²) in [5.41, 5.74) is 4.21. The number of benzene rings is 1. The zero-order chi connectivity index (χ0) is 20.9. The van der Waals surface area contributed by atoms with E-state index in [0.29, 0.717) is 13.0 Å². The number of amides is 1. The van der Waals surface area contributed by atoms with Crippen molar-refractivity contribution in [2.45, 2.75) is 26.7 Å². The molecule has 1 amide bonds. The van der Waals surface area contributed by atoms with Crippen molar-refractivity contribution in [2.24, 2.45) is 0 Å². The highest BCUT2D eigenvalue weighted by Gasteiger charge is 2.18. The quantitative estimate of drug-likeness (QED) is 0.607. The van der Waals surface area contributed by atoms with Crippen molar-refractivity contribution >= 4 is 22.8 Å². The van der Waals surface area contributed by atoms with Gasteiger partial charge in [-0.1, -0.05) is 0 Å². The molecule has 1 fully saturated rings. The lowest BCUT2D eigenvalue weighted by Crippen LogP contribution is -2.47. The number of piperazine rings is 1. The van der Waals surface area contributed by atoms with Gasteiger partial charge < -0.3 is 14.6 Å². The van der Waals surface area contributed by atoms with Gasteiger partial charge in [-0.2, -0.15) is 0 Å². The fourth-order valence-corrected chi connectivity index (χ4v) is 3.87. The van der Waals surface area contributed by atoms with Crippen LogP contribution in [-0.2, 0) is 11.2 Å². The van der Waals surface area contributed by atoms with E-state index in [0.717, 1.165) is 61.6 Å². The average Bonchev–Trinajstić information content (AvgIpc) is 3.14. The number of hydrogen-bond donors (Lipinski definition) is 1. The summed E-state index contributed by atoms with van der Waals surface area (Å²) in [7, 11) is 0. The molecule has 2 aromatic heterocycles. The Morgan fingerprint density at radius 1 is 1.10 bits per heavy atom. The van der Waals surface area contributed by atoms with Crippen LogP contribution in [0.4, 0.5) is 5.95 Å². The second kappa shape index (κ2) is 9.26. The maximum absolute atomic E-state index is 12.4. The number of nitrogens with one attached hydrogen (secondary N) is 1. The first-order valence-electron chi connectivity index (χ1n) is 10.6. The molecule has 0 radical (unpaired) electrons. The van der Waals surface area contributed by atoms with E-state index in [2.05, 4.69) is 45.0 Å². The lowest BCUT2D eigenvalue weighted by Gasteiger charge is -2.34. The van der Waals surface area contributed by atoms with Crippen LogP contribution in [0.5, 0.6) is 0 Å². The van der Waals surface area contributed by atoms with Gasteiger partial charge in [-0.05, 0) is 56.1 Å². The van der Waals surface area contributed by atoms with E-state index in [1.165, 1.54) is 11.1 Å². The topological polar surface area (TPSA) is 74.5 Å². The van der Waals surface area contributed by atoms with Crippen LogP contribution >= 0.6 is 0 Å². The summed E-state index contributed by atoms with van der Waals surface area (Å²) in [6.07, 6.45) is 6.57. The maximum atomic E-state index is 12.4. The molecule has 0 spiro atoms. The summed E-state index contributed by atoms with van der Waals surface area (Å²) >= 11 is 0. The summed E-state index contributed by atoms with van der Waals surface area (Å²) in [4.78, 5) is 25.7. The molecular formula is C23H29N5O2. The standard InChI is InChI=1S/C23H29N5O2/c1-17-13-20-19(16-30-21(20)14-18(17)2)15-22(29)24-7-4-8-27-9-11-28(12-10-27)23-25-5-3-6-26-23/h3,5-6,13-14,16H,4,7-12,15H2,1-2H3,(H,24,29). The molecule has 158 valence electrons. The molecule has 3 aromatic rings. The Kier molecular flexibility index (Phi) is 6.28. The van der Waals surface area contributed by atoms with Gasteiger partial charge in [0.05, 0.1) is 12.7 Å². The number of nitrogens with zero attached hydrogens (tertiary/aromatic N) is 4. The maximum Gasteiger partial charge on any atom is 0.225 e. The lowest BCUT2D eigenvalue weighted by molar-refractivity contribution is -0.120. The number of carbonyl (C=O) groups is 1. The average molecular weight is 408 g/mol. The summed E-state index contributed by atoms with van der Waals surface area (Å²) in [6.45, 7) is 9.67. The van der Waals surface area contributed by atoms with E-state index in [1.54, 1.807) is 18.7 Å². The van der Waals surface area contributed by atoms with Crippen molar-refractivity contribution in [3.05, 3.63) is 53.5 Å². The first-order valence-corrected chi connectivity index (χ1v) is 10.6. The Morgan fingerprint density at radius 2 is 1.83 bits per heavy atom. The van der Waals surface area contributed by atoms with E-state index >= 15 is 0 Å². The Bertz CT molecular complexity index is 994. The van der Waals surface area contributed by atoms with Crippen LogP contribution in [0.3, 0.4) is 0 Å². The SMILES string of the molecule is Cc1cc2occ(CC(=O)NCCCN3CCN(c4ncccn4)CC3)c2cc1C. The number of rotatable bonds is 7. The second-order valence-corrected chi connectivity index (χ2v) is 7.95. The molecule has 1 aliphatic rings. The van der Waals surface area contributed by atoms with Crippen LogP contribution in [0.15, 0.2) is 41.3 Å². The van der Waals surface area contributed by atoms with Crippen LogP contribution in [0, 0.1) is 13.8 Å². The number of carbonyl (C=O) groups excluding carboxylic acids is 1. The molecule has 0 aliphatic carbocycles. The van der Waals surface area contributed by atoms with E-state index in [-0.39, 0.29) is 5.91 Å². The van der Waals surface area contributed by atoms with E-state index in [4.69, 9.17) is 4.42 Å². The zero-order valence-corrected chi connectivity index (χ0v) is 17.7. The van der Waals surface area contributed by atoms with Crippen LogP contribution < -0.4 is 10.2 Å². The minimum absolute atomic E-state index is 0.0435. The van der Waals surface area contributed by atoms with Gasteiger partial charge >= 0.3 is 0 Å². The minimum Gasteiger partial charge on any atom is -0.464 e. The molecule has 0 saturated carbocycles. The van der Waals surface area contributed by atoms with Crippen molar-refractivity contribution in [2.75, 3.05) is 44.2 Å². The lowest BCUT2D eigenvalue weighted by atomic mass is 10.0. The predicted octanol–water partition coefficient (Wildman–Crippen LogP) is 2.71. The number of aromatic nitrogens is 2. The van der Waals surface area contributed by atoms with Gasteiger partial charge in [0.1, 0.15) is 5.58 Å². The molecule has 7 heteroatoms. The summed E-state index contributed by atoms with van der Waals surface area (Å²) in [5, 5.41) is 4.08. The fraction of sp³-hybridized carbons (Fsp3) is 0.435. The van der Waals surface area contributed by atoms with Crippen LogP contribution in [0.25, 0.3) is 11.0 Å². The number of aryl methyl sites for hydroxylation is 2. The first-order chi connectivity index (χ1) is 14.6. The van der Waals surface area contributed by atoms with Crippen LogP contribution in [-0.4, -0.2) is 60.0 Å². The zero-order valence-electron chi connectivity index (χ0n) is 17.7. The summed E-state index contributed by atoms with van der Waals surface area (Å²) in [6, 6.07) is 5.98. The van der Waals surface area contributed by atoms with Gasteiger partial charge in [-0.15, -0.1) is 0 Å². The first kappa shape index (κ1) is 20.3. The molecule has 7 nitrogen and oxygen atoms in total. The third-order valence-electron chi connectivity index (χ3n) is 5.80. The van der Waals surface area contributed by atoms with Gasteiger partial charge in [0, 0.05) is 56.1 Å². The molecule has 1 aliphatic heterocycles. The predicted molar refractivity (Wildman–Crippen MR) is 118 cm³/mol. The fourth-order valence-electron chi connectivity index (χ4n) is 3.87. The summed E-state index contributed by atoms with van der Waals surface area (Å²) in [5.74, 6) is 0.850. The Morgan fingerprint density at radius 3 is 2.60 bits per heavy atom. The molecule has 0 unspecified atom stereocenters. The molecule has 0 atom stereocenters. The van der Waals surface area contributed by atoms with E-state index < -0.39 is 0 Å². The van der Waals surface area contributed by atoms with E-state index in [1.807, 2.05) is 12.1 Å². The second-order valence-electron chi connectivity index (χ2n) is 7.95. The Hall–Kier alpha value is -2.93. The van der Waals surface area contributed by atoms with Gasteiger partial charge in [0.2, 0.25) is 11.9 Å². The number of fused-ring (bicyclic) bond motifs is 1. The monoisotopic (exact) mass is 407 g/mol. The third-order valence-corrected chi connectivity index (χ3v) is 5.80. The molecule has 1 N–H and O–H groups in total. The smallest absolute Gasteiger partial charge is 0.225 e. The van der Waals surface area contributed by atoms with Crippen LogP contribution in [0.2, 0.25) is 0 Å². The van der Waals surface area contributed by atoms with Crippen molar-refractivity contribution in [1.29, 1.82) is 0 Å². The van der Waals surface area contributed by atoms with E-state index in [9.17, 15) is 4.79 Å². The van der Waals surface area contributed by atoms with Crippen molar-refractivity contribution in [1.82, 2.24) is 20.2 Å². The molecule has 30 heavy (non-hydrogen) atoms. The largest absolute Gasteiger partial charge is 0.464 e. The number of hydrogen-bond acceptors (Lipinski definition) is 6. The van der Waals surface area contributed by atoms with Crippen molar-refractivity contribution in [3.63, 3.8) is 0 Å². The van der Waals surface area contributed by atoms with Crippen molar-refractivity contribution < 1.29 is 9.21 Å². The van der Waals surface area contributed by atoms with Gasteiger partial charge in [-0.3, -0.25) is 9.69 Å². The van der Waals surface area contributed by atoms with Crippen molar-refractivity contribution in [3.8, 4) is 0 Å². The number of furan rings is 1. The highest BCUT2D eigenvalue weighted by Crippen LogP contribution is 2.25. The Labute approximate surface area is 177 Å². The Balaban J connectivity index is 1.18. The van der Waals surface area contributed by atoms with Gasteiger partial charge in [-0.25, -0.2) is 9.97 Å². The molecular weight excluding hydrogens is 378 g/mol. The molecule has 1 aromatic carbocycles. The normalized spacial score (nSPS) is 14.9. The van der Waals surface area contributed by atoms with Gasteiger partial charge in [0.15, 0.2) is 0 Å². The summed E-state index contributed by atoms with van der Waals surface area (Å²) < 4.78 is 5.63. The highest BCUT2D eigenvalue weighted by atomic mass is 16.3. The molecule has 0 bridgehead atoms. The highest BCUT2D eigenvalue weighted by molar-refractivity contribution is 5.88. The molecule has 4 rings (SSSR count).